The average molecular weight is 334 g/mol. The summed E-state index contributed by atoms with van der Waals surface area (Å²) in [7, 11) is 0. The summed E-state index contributed by atoms with van der Waals surface area (Å²) in [4.78, 5) is 11.8. The molecule has 0 aliphatic heterocycles. The minimum absolute atomic E-state index is 0.122. The Hall–Kier alpha value is -2.47. The highest BCUT2D eigenvalue weighted by atomic mass is 19.1. The highest BCUT2D eigenvalue weighted by molar-refractivity contribution is 5.74. The Morgan fingerprint density at radius 2 is 1.71 bits per heavy atom. The number of nitrogens with one attached hydrogen (secondary N) is 2. The lowest BCUT2D eigenvalue weighted by Gasteiger charge is -2.17. The van der Waals surface area contributed by atoms with Crippen molar-refractivity contribution in [2.24, 2.45) is 0 Å². The maximum absolute atomic E-state index is 13.6. The molecule has 2 aromatic carbocycles. The normalized spacial score (nSPS) is 13.2. The van der Waals surface area contributed by atoms with Crippen LogP contribution in [0.2, 0.25) is 0 Å². The molecule has 2 aromatic rings. The Labute approximate surface area is 139 Å². The number of aliphatic hydroxyl groups excluding tert-OH is 1. The Bertz CT molecular complexity index is 694. The van der Waals surface area contributed by atoms with Gasteiger partial charge in [0, 0.05) is 18.2 Å². The molecule has 0 spiro atoms. The lowest BCUT2D eigenvalue weighted by molar-refractivity contribution is 0.168. The van der Waals surface area contributed by atoms with Crippen molar-refractivity contribution in [3.05, 3.63) is 71.3 Å². The zero-order valence-electron chi connectivity index (χ0n) is 13.3. The summed E-state index contributed by atoms with van der Waals surface area (Å²) in [5, 5.41) is 15.1. The number of benzene rings is 2. The second-order valence-electron chi connectivity index (χ2n) is 5.59. The molecule has 0 saturated heterocycles. The van der Waals surface area contributed by atoms with Gasteiger partial charge in [0.05, 0.1) is 6.10 Å². The molecule has 6 heteroatoms. The number of hydrogen-bond donors (Lipinski definition) is 3. The molecule has 24 heavy (non-hydrogen) atoms. The van der Waals surface area contributed by atoms with Crippen LogP contribution in [0.5, 0.6) is 0 Å². The number of aliphatic hydroxyl groups is 1. The fourth-order valence-electron chi connectivity index (χ4n) is 2.36. The molecule has 0 aliphatic rings. The minimum atomic E-state index is -1.14. The number of carbonyl (C=O) groups excluding carboxylic acids is 1. The van der Waals surface area contributed by atoms with Crippen LogP contribution in [0.15, 0.2) is 48.5 Å². The molecule has 0 radical (unpaired) electrons. The smallest absolute Gasteiger partial charge is 0.315 e. The van der Waals surface area contributed by atoms with Gasteiger partial charge >= 0.3 is 6.03 Å². The van der Waals surface area contributed by atoms with Gasteiger partial charge in [-0.25, -0.2) is 13.6 Å². The quantitative estimate of drug-likeness (QED) is 0.761. The summed E-state index contributed by atoms with van der Waals surface area (Å²) in [6.07, 6.45) is -0.797. The first-order valence-electron chi connectivity index (χ1n) is 7.67. The van der Waals surface area contributed by atoms with E-state index >= 15 is 0 Å². The van der Waals surface area contributed by atoms with Gasteiger partial charge in [-0.1, -0.05) is 36.4 Å². The first-order chi connectivity index (χ1) is 11.5. The van der Waals surface area contributed by atoms with Crippen molar-refractivity contribution in [1.29, 1.82) is 0 Å². The largest absolute Gasteiger partial charge is 0.386 e. The summed E-state index contributed by atoms with van der Waals surface area (Å²) < 4.78 is 27.1. The number of urea groups is 1. The summed E-state index contributed by atoms with van der Waals surface area (Å²) in [5.74, 6) is -0.846. The third-order valence-corrected chi connectivity index (χ3v) is 3.58. The number of carbonyl (C=O) groups is 1. The molecular weight excluding hydrogens is 314 g/mol. The van der Waals surface area contributed by atoms with Gasteiger partial charge in [0.25, 0.3) is 0 Å². The second kappa shape index (κ2) is 8.40. The third-order valence-electron chi connectivity index (χ3n) is 3.58. The Morgan fingerprint density at radius 3 is 2.38 bits per heavy atom. The van der Waals surface area contributed by atoms with Crippen LogP contribution < -0.4 is 10.6 Å². The van der Waals surface area contributed by atoms with Crippen LogP contribution in [0.1, 0.15) is 24.2 Å². The molecule has 0 heterocycles. The van der Waals surface area contributed by atoms with E-state index < -0.39 is 18.0 Å². The van der Waals surface area contributed by atoms with Gasteiger partial charge in [0.15, 0.2) is 0 Å². The molecule has 0 aliphatic carbocycles. The van der Waals surface area contributed by atoms with Gasteiger partial charge in [-0.3, -0.25) is 0 Å². The minimum Gasteiger partial charge on any atom is -0.386 e. The molecule has 0 bridgehead atoms. The van der Waals surface area contributed by atoms with Crippen LogP contribution >= 0.6 is 0 Å². The third kappa shape index (κ3) is 5.03. The van der Waals surface area contributed by atoms with E-state index in [4.69, 9.17) is 0 Å². The number of rotatable bonds is 6. The summed E-state index contributed by atoms with van der Waals surface area (Å²) in [6, 6.07) is 11.4. The highest BCUT2D eigenvalue weighted by Crippen LogP contribution is 2.15. The predicted molar refractivity (Wildman–Crippen MR) is 87.5 cm³/mol. The SMILES string of the molecule is CC(Cc1ccccc1F)NC(=O)NCC(O)c1ccccc1F. The van der Waals surface area contributed by atoms with E-state index in [1.807, 2.05) is 0 Å². The van der Waals surface area contributed by atoms with E-state index in [1.165, 1.54) is 24.3 Å². The standard InChI is InChI=1S/C18H20F2N2O2/c1-12(10-13-6-2-4-8-15(13)19)22-18(24)21-11-17(23)14-7-3-5-9-16(14)20/h2-9,12,17,23H,10-11H2,1H3,(H2,21,22,24). The first-order valence-corrected chi connectivity index (χ1v) is 7.67. The zero-order chi connectivity index (χ0) is 17.5. The van der Waals surface area contributed by atoms with Gasteiger partial charge in [-0.05, 0) is 31.0 Å². The molecule has 128 valence electrons. The molecule has 3 N–H and O–H groups in total. The maximum Gasteiger partial charge on any atom is 0.315 e. The van der Waals surface area contributed by atoms with Crippen molar-refractivity contribution in [3.8, 4) is 0 Å². The summed E-state index contributed by atoms with van der Waals surface area (Å²) in [6.45, 7) is 1.62. The van der Waals surface area contributed by atoms with Crippen molar-refractivity contribution >= 4 is 6.03 Å². The molecule has 2 amide bonds. The lowest BCUT2D eigenvalue weighted by atomic mass is 10.1. The van der Waals surface area contributed by atoms with E-state index in [1.54, 1.807) is 31.2 Å². The van der Waals surface area contributed by atoms with Crippen LogP contribution in [0.4, 0.5) is 13.6 Å². The molecule has 0 saturated carbocycles. The molecule has 2 rings (SSSR count). The van der Waals surface area contributed by atoms with Crippen molar-refractivity contribution in [2.75, 3.05) is 6.54 Å². The van der Waals surface area contributed by atoms with Gasteiger partial charge < -0.3 is 15.7 Å². The van der Waals surface area contributed by atoms with E-state index in [9.17, 15) is 18.7 Å². The maximum atomic E-state index is 13.6. The molecule has 0 aromatic heterocycles. The van der Waals surface area contributed by atoms with Gasteiger partial charge in [-0.2, -0.15) is 0 Å². The molecule has 0 fully saturated rings. The number of halogens is 2. The fraction of sp³-hybridized carbons (Fsp3) is 0.278. The Balaban J connectivity index is 1.81. The predicted octanol–water partition coefficient (Wildman–Crippen LogP) is 2.93. The van der Waals surface area contributed by atoms with Crippen LogP contribution in [0, 0.1) is 11.6 Å². The second-order valence-corrected chi connectivity index (χ2v) is 5.59. The van der Waals surface area contributed by atoms with E-state index in [2.05, 4.69) is 10.6 Å². The molecular formula is C18H20F2N2O2. The van der Waals surface area contributed by atoms with Gasteiger partial charge in [0.1, 0.15) is 11.6 Å². The topological polar surface area (TPSA) is 61.4 Å². The number of hydrogen-bond acceptors (Lipinski definition) is 2. The number of amides is 2. The first kappa shape index (κ1) is 17.9. The molecule has 2 atom stereocenters. The molecule has 2 unspecified atom stereocenters. The van der Waals surface area contributed by atoms with Crippen molar-refractivity contribution in [1.82, 2.24) is 10.6 Å². The van der Waals surface area contributed by atoms with E-state index in [0.29, 0.717) is 12.0 Å². The van der Waals surface area contributed by atoms with Gasteiger partial charge in [0.2, 0.25) is 0 Å². The van der Waals surface area contributed by atoms with E-state index in [0.717, 1.165) is 0 Å². The van der Waals surface area contributed by atoms with Crippen molar-refractivity contribution in [3.63, 3.8) is 0 Å². The monoisotopic (exact) mass is 334 g/mol. The Morgan fingerprint density at radius 1 is 1.08 bits per heavy atom. The molecule has 4 nitrogen and oxygen atoms in total. The van der Waals surface area contributed by atoms with Crippen molar-refractivity contribution < 1.29 is 18.7 Å². The highest BCUT2D eigenvalue weighted by Gasteiger charge is 2.15. The van der Waals surface area contributed by atoms with Gasteiger partial charge in [-0.15, -0.1) is 0 Å². The summed E-state index contributed by atoms with van der Waals surface area (Å²) in [5.41, 5.74) is 0.633. The lowest BCUT2D eigenvalue weighted by Crippen LogP contribution is -2.43. The average Bonchev–Trinajstić information content (AvgIpc) is 2.55. The fourth-order valence-corrected chi connectivity index (χ4v) is 2.36. The van der Waals surface area contributed by atoms with Crippen molar-refractivity contribution in [2.45, 2.75) is 25.5 Å². The zero-order valence-corrected chi connectivity index (χ0v) is 13.3. The Kier molecular flexibility index (Phi) is 6.26. The van der Waals surface area contributed by atoms with E-state index in [-0.39, 0.29) is 24.0 Å². The van der Waals surface area contributed by atoms with Crippen LogP contribution in [-0.2, 0) is 6.42 Å². The summed E-state index contributed by atoms with van der Waals surface area (Å²) >= 11 is 0. The van der Waals surface area contributed by atoms with Crippen LogP contribution in [-0.4, -0.2) is 23.7 Å². The van der Waals surface area contributed by atoms with Crippen LogP contribution in [0.3, 0.4) is 0 Å². The van der Waals surface area contributed by atoms with Crippen LogP contribution in [0.25, 0.3) is 0 Å².